The van der Waals surface area contributed by atoms with Crippen molar-refractivity contribution in [1.29, 1.82) is 0 Å². The third kappa shape index (κ3) is 3.28. The van der Waals surface area contributed by atoms with E-state index in [-0.39, 0.29) is 11.8 Å². The molecule has 2 heterocycles. The van der Waals surface area contributed by atoms with Crippen molar-refractivity contribution in [3.8, 4) is 11.4 Å². The van der Waals surface area contributed by atoms with E-state index >= 15 is 0 Å². The van der Waals surface area contributed by atoms with Crippen LogP contribution in [-0.4, -0.2) is 32.4 Å². The summed E-state index contributed by atoms with van der Waals surface area (Å²) in [5, 5.41) is 10.8. The molecule has 7 nitrogen and oxygen atoms in total. The molecule has 1 N–H and O–H groups in total. The number of nitrogens with zero attached hydrogens (tertiary/aromatic N) is 4. The number of hydrogen-bond acceptors (Lipinski definition) is 5. The number of nitrogens with one attached hydrogen (secondary N) is 1. The largest absolute Gasteiger partial charge is 0.350 e. The number of carbonyl (C=O) groups is 1. The molecular weight excluding hydrogens is 294 g/mol. The number of benzene rings is 1. The summed E-state index contributed by atoms with van der Waals surface area (Å²) in [5.41, 5.74) is 1.40. The Hall–Kier alpha value is -2.96. The second-order valence-corrected chi connectivity index (χ2v) is 5.27. The summed E-state index contributed by atoms with van der Waals surface area (Å²) in [6.45, 7) is 2.33. The molecule has 0 aliphatic heterocycles. The molecule has 118 valence electrons. The van der Waals surface area contributed by atoms with Crippen LogP contribution in [0.2, 0.25) is 0 Å². The van der Waals surface area contributed by atoms with E-state index < -0.39 is 0 Å². The van der Waals surface area contributed by atoms with Crippen LogP contribution in [0.4, 0.5) is 0 Å². The summed E-state index contributed by atoms with van der Waals surface area (Å²) in [4.78, 5) is 16.4. The van der Waals surface area contributed by atoms with E-state index in [4.69, 9.17) is 4.52 Å². The van der Waals surface area contributed by atoms with Crippen molar-refractivity contribution in [3.63, 3.8) is 0 Å². The zero-order chi connectivity index (χ0) is 16.2. The molecule has 0 radical (unpaired) electrons. The van der Waals surface area contributed by atoms with Gasteiger partial charge in [-0.25, -0.2) is 0 Å². The average molecular weight is 311 g/mol. The first-order valence-electron chi connectivity index (χ1n) is 7.30. The Kier molecular flexibility index (Phi) is 4.18. The molecule has 1 unspecified atom stereocenters. The first-order chi connectivity index (χ1) is 11.1. The minimum atomic E-state index is -0.181. The lowest BCUT2D eigenvalue weighted by Gasteiger charge is -2.08. The highest BCUT2D eigenvalue weighted by molar-refractivity contribution is 5.92. The normalized spacial score (nSPS) is 12.1. The van der Waals surface area contributed by atoms with Crippen molar-refractivity contribution in [2.75, 3.05) is 6.54 Å². The van der Waals surface area contributed by atoms with Gasteiger partial charge >= 0.3 is 0 Å². The van der Waals surface area contributed by atoms with E-state index in [0.717, 1.165) is 5.56 Å². The summed E-state index contributed by atoms with van der Waals surface area (Å²) >= 11 is 0. The molecule has 0 aliphatic rings. The maximum Gasteiger partial charge on any atom is 0.269 e. The zero-order valence-corrected chi connectivity index (χ0v) is 12.9. The van der Waals surface area contributed by atoms with Crippen LogP contribution in [0.1, 0.15) is 29.2 Å². The second-order valence-electron chi connectivity index (χ2n) is 5.27. The van der Waals surface area contributed by atoms with E-state index in [1.807, 2.05) is 37.3 Å². The highest BCUT2D eigenvalue weighted by atomic mass is 16.5. The lowest BCUT2D eigenvalue weighted by Crippen LogP contribution is -2.29. The number of rotatable bonds is 5. The molecule has 1 aromatic carbocycles. The first kappa shape index (κ1) is 15.0. The van der Waals surface area contributed by atoms with E-state index in [0.29, 0.717) is 24.0 Å². The Morgan fingerprint density at radius 3 is 2.78 bits per heavy atom. The standard InChI is InChI=1S/C16H17N5O2/c1-11(10-17-15(22)13-8-9-18-21(13)2)16-19-14(20-23-16)12-6-4-3-5-7-12/h3-9,11H,10H2,1-2H3,(H,17,22). The highest BCUT2D eigenvalue weighted by Gasteiger charge is 2.17. The molecule has 0 saturated heterocycles. The topological polar surface area (TPSA) is 85.8 Å². The first-order valence-corrected chi connectivity index (χ1v) is 7.30. The van der Waals surface area contributed by atoms with Gasteiger partial charge in [0.05, 0.1) is 5.92 Å². The van der Waals surface area contributed by atoms with Crippen LogP contribution in [0.3, 0.4) is 0 Å². The third-order valence-corrected chi connectivity index (χ3v) is 3.52. The Morgan fingerprint density at radius 1 is 1.30 bits per heavy atom. The van der Waals surface area contributed by atoms with E-state index in [1.54, 1.807) is 19.3 Å². The molecular formula is C16H17N5O2. The SMILES string of the molecule is CC(CNC(=O)c1ccnn1C)c1nc(-c2ccccc2)no1. The predicted molar refractivity (Wildman–Crippen MR) is 83.7 cm³/mol. The van der Waals surface area contributed by atoms with Crippen molar-refractivity contribution in [3.05, 3.63) is 54.2 Å². The molecule has 1 amide bonds. The van der Waals surface area contributed by atoms with Gasteiger partial charge in [0.2, 0.25) is 11.7 Å². The number of aromatic nitrogens is 4. The fourth-order valence-electron chi connectivity index (χ4n) is 2.16. The van der Waals surface area contributed by atoms with Gasteiger partial charge in [0.15, 0.2) is 0 Å². The Labute approximate surface area is 133 Å². The Balaban J connectivity index is 1.63. The zero-order valence-electron chi connectivity index (χ0n) is 12.9. The minimum Gasteiger partial charge on any atom is -0.350 e. The minimum absolute atomic E-state index is 0.0860. The Bertz CT molecular complexity index is 794. The number of amides is 1. The summed E-state index contributed by atoms with van der Waals surface area (Å²) in [6.07, 6.45) is 1.59. The lowest BCUT2D eigenvalue weighted by molar-refractivity contribution is 0.0941. The summed E-state index contributed by atoms with van der Waals surface area (Å²) in [5.74, 6) is 0.774. The van der Waals surface area contributed by atoms with Crippen LogP contribution in [0.25, 0.3) is 11.4 Å². The lowest BCUT2D eigenvalue weighted by atomic mass is 10.1. The fraction of sp³-hybridized carbons (Fsp3) is 0.250. The molecule has 0 bridgehead atoms. The van der Waals surface area contributed by atoms with Crippen molar-refractivity contribution >= 4 is 5.91 Å². The summed E-state index contributed by atoms with van der Waals surface area (Å²) in [7, 11) is 1.72. The van der Waals surface area contributed by atoms with Gasteiger partial charge in [0.1, 0.15) is 5.69 Å². The van der Waals surface area contributed by atoms with Gasteiger partial charge in [-0.05, 0) is 6.07 Å². The van der Waals surface area contributed by atoms with Gasteiger partial charge in [0.25, 0.3) is 5.91 Å². The van der Waals surface area contributed by atoms with E-state index in [9.17, 15) is 4.79 Å². The molecule has 0 fully saturated rings. The van der Waals surface area contributed by atoms with E-state index in [1.165, 1.54) is 4.68 Å². The molecule has 7 heteroatoms. The van der Waals surface area contributed by atoms with Gasteiger partial charge in [-0.3, -0.25) is 9.48 Å². The number of aryl methyl sites for hydroxylation is 1. The van der Waals surface area contributed by atoms with Crippen LogP contribution in [0.5, 0.6) is 0 Å². The van der Waals surface area contributed by atoms with Crippen molar-refractivity contribution < 1.29 is 9.32 Å². The van der Waals surface area contributed by atoms with Crippen LogP contribution in [-0.2, 0) is 7.05 Å². The van der Waals surface area contributed by atoms with Gasteiger partial charge in [-0.1, -0.05) is 42.4 Å². The van der Waals surface area contributed by atoms with Crippen LogP contribution in [0, 0.1) is 0 Å². The fourth-order valence-corrected chi connectivity index (χ4v) is 2.16. The molecule has 0 spiro atoms. The van der Waals surface area contributed by atoms with Crippen LogP contribution < -0.4 is 5.32 Å². The molecule has 3 rings (SSSR count). The van der Waals surface area contributed by atoms with Gasteiger partial charge in [0, 0.05) is 25.4 Å². The summed E-state index contributed by atoms with van der Waals surface area (Å²) in [6, 6.07) is 11.3. The predicted octanol–water partition coefficient (Wildman–Crippen LogP) is 2.00. The molecule has 3 aromatic rings. The molecule has 0 aliphatic carbocycles. The molecule has 1 atom stereocenters. The van der Waals surface area contributed by atoms with Gasteiger partial charge in [-0.2, -0.15) is 10.1 Å². The second kappa shape index (κ2) is 6.43. The third-order valence-electron chi connectivity index (χ3n) is 3.52. The maximum absolute atomic E-state index is 12.1. The average Bonchev–Trinajstić information content (AvgIpc) is 3.22. The molecule has 23 heavy (non-hydrogen) atoms. The molecule has 2 aromatic heterocycles. The van der Waals surface area contributed by atoms with Crippen molar-refractivity contribution in [2.45, 2.75) is 12.8 Å². The van der Waals surface area contributed by atoms with Gasteiger partial charge < -0.3 is 9.84 Å². The summed E-state index contributed by atoms with van der Waals surface area (Å²) < 4.78 is 6.83. The van der Waals surface area contributed by atoms with Crippen LogP contribution >= 0.6 is 0 Å². The smallest absolute Gasteiger partial charge is 0.269 e. The van der Waals surface area contributed by atoms with E-state index in [2.05, 4.69) is 20.6 Å². The number of hydrogen-bond donors (Lipinski definition) is 1. The number of carbonyl (C=O) groups excluding carboxylic acids is 1. The van der Waals surface area contributed by atoms with Gasteiger partial charge in [-0.15, -0.1) is 0 Å². The quantitative estimate of drug-likeness (QED) is 0.779. The van der Waals surface area contributed by atoms with Crippen LogP contribution in [0.15, 0.2) is 47.1 Å². The Morgan fingerprint density at radius 2 is 2.09 bits per heavy atom. The van der Waals surface area contributed by atoms with Crippen molar-refractivity contribution in [2.24, 2.45) is 7.05 Å². The maximum atomic E-state index is 12.1. The van der Waals surface area contributed by atoms with Crippen molar-refractivity contribution in [1.82, 2.24) is 25.2 Å². The highest BCUT2D eigenvalue weighted by Crippen LogP contribution is 2.19. The molecule has 0 saturated carbocycles. The monoisotopic (exact) mass is 311 g/mol.